The molecule has 3 aromatic carbocycles. The molecule has 0 radical (unpaired) electrons. The summed E-state index contributed by atoms with van der Waals surface area (Å²) >= 11 is 0. The average Bonchev–Trinajstić information content (AvgIpc) is 2.78. The number of ether oxygens (including phenoxy) is 2. The maximum absolute atomic E-state index is 13.3. The summed E-state index contributed by atoms with van der Waals surface area (Å²) in [6, 6.07) is 16.3. The van der Waals surface area contributed by atoms with Crippen LogP contribution >= 0.6 is 0 Å². The molecule has 0 atom stereocenters. The lowest BCUT2D eigenvalue weighted by molar-refractivity contribution is -0.138. The van der Waals surface area contributed by atoms with Gasteiger partial charge in [-0.2, -0.15) is 0 Å². The largest absolute Gasteiger partial charge is 0.457 e. The Morgan fingerprint density at radius 1 is 0.973 bits per heavy atom. The zero-order valence-corrected chi connectivity index (χ0v) is 21.7. The van der Waals surface area contributed by atoms with Gasteiger partial charge >= 0.3 is 0 Å². The van der Waals surface area contributed by atoms with Crippen LogP contribution in [0.25, 0.3) is 0 Å². The monoisotopic (exact) mass is 527 g/mol. The highest BCUT2D eigenvalue weighted by Gasteiger charge is 2.46. The first-order valence-electron chi connectivity index (χ1n) is 12.0. The van der Waals surface area contributed by atoms with Crippen molar-refractivity contribution in [1.82, 2.24) is 0 Å². The van der Waals surface area contributed by atoms with E-state index in [1.165, 1.54) is 48.5 Å². The van der Waals surface area contributed by atoms with Gasteiger partial charge in [-0.3, -0.25) is 4.79 Å². The van der Waals surface area contributed by atoms with Crippen molar-refractivity contribution in [2.75, 3.05) is 11.6 Å². The number of rotatable bonds is 9. The van der Waals surface area contributed by atoms with E-state index < -0.39 is 21.3 Å². The zero-order chi connectivity index (χ0) is 26.8. The van der Waals surface area contributed by atoms with Crippen molar-refractivity contribution >= 4 is 21.4 Å². The van der Waals surface area contributed by atoms with Gasteiger partial charge in [-0.1, -0.05) is 13.8 Å². The Kier molecular flexibility index (Phi) is 7.57. The molecular weight excluding hydrogens is 497 g/mol. The second-order valence-electron chi connectivity index (χ2n) is 10.0. The Balaban J connectivity index is 1.54. The summed E-state index contributed by atoms with van der Waals surface area (Å²) in [6.07, 6.45) is 2.57. The van der Waals surface area contributed by atoms with E-state index in [4.69, 9.17) is 9.47 Å². The number of amides is 1. The van der Waals surface area contributed by atoms with Crippen molar-refractivity contribution in [3.8, 4) is 23.0 Å². The van der Waals surface area contributed by atoms with E-state index in [1.54, 1.807) is 18.2 Å². The highest BCUT2D eigenvalue weighted by atomic mass is 32.2. The fourth-order valence-corrected chi connectivity index (χ4v) is 5.14. The molecule has 7 nitrogen and oxygen atoms in total. The van der Waals surface area contributed by atoms with Crippen LogP contribution in [-0.2, 0) is 14.6 Å². The third kappa shape index (κ3) is 7.08. The number of hydrogen-bond acceptors (Lipinski definition) is 6. The van der Waals surface area contributed by atoms with Crippen molar-refractivity contribution in [3.05, 3.63) is 72.5 Å². The molecule has 0 saturated heterocycles. The number of halogens is 1. The van der Waals surface area contributed by atoms with Crippen LogP contribution in [0.3, 0.4) is 0 Å². The van der Waals surface area contributed by atoms with Gasteiger partial charge in [0.1, 0.15) is 28.8 Å². The van der Waals surface area contributed by atoms with Gasteiger partial charge in [0.05, 0.1) is 10.5 Å². The first kappa shape index (κ1) is 26.6. The Morgan fingerprint density at radius 3 is 1.97 bits per heavy atom. The number of carbonyl (C=O) groups is 1. The topological polar surface area (TPSA) is 102 Å². The van der Waals surface area contributed by atoms with Gasteiger partial charge in [-0.25, -0.2) is 12.8 Å². The van der Waals surface area contributed by atoms with Crippen LogP contribution in [0.15, 0.2) is 71.6 Å². The molecule has 2 N–H and O–H groups in total. The minimum atomic E-state index is -3.35. The Bertz CT molecular complexity index is 1360. The van der Waals surface area contributed by atoms with E-state index in [0.717, 1.165) is 6.26 Å². The molecular formula is C28H30FNO6S. The van der Waals surface area contributed by atoms with Crippen molar-refractivity contribution in [3.63, 3.8) is 0 Å². The average molecular weight is 528 g/mol. The van der Waals surface area contributed by atoms with Crippen molar-refractivity contribution in [2.45, 2.75) is 43.6 Å². The first-order valence-corrected chi connectivity index (χ1v) is 13.9. The third-order valence-corrected chi connectivity index (χ3v) is 7.22. The molecule has 1 aliphatic carbocycles. The second-order valence-corrected chi connectivity index (χ2v) is 12.0. The standard InChI is InChI=1S/C28H30FNO6S/c1-18(2)15-28(32)16-19(17-28)27(31)30-21-12-24(35-22-6-4-20(29)5-7-22)14-25(13-21)36-23-8-10-26(11-9-23)37(3,33)34/h4-14,18-19,32H,15-17H2,1-3H3,(H,30,31). The van der Waals surface area contributed by atoms with Crippen molar-refractivity contribution in [1.29, 1.82) is 0 Å². The lowest BCUT2D eigenvalue weighted by Crippen LogP contribution is -2.49. The Hall–Kier alpha value is -3.43. The van der Waals surface area contributed by atoms with Crippen LogP contribution in [0.5, 0.6) is 23.0 Å². The highest BCUT2D eigenvalue weighted by molar-refractivity contribution is 7.90. The van der Waals surface area contributed by atoms with Crippen molar-refractivity contribution in [2.24, 2.45) is 11.8 Å². The maximum Gasteiger partial charge on any atom is 0.227 e. The van der Waals surface area contributed by atoms with E-state index in [1.807, 2.05) is 13.8 Å². The van der Waals surface area contributed by atoms with Gasteiger partial charge in [0, 0.05) is 36.1 Å². The van der Waals surface area contributed by atoms with E-state index >= 15 is 0 Å². The molecule has 0 aliphatic heterocycles. The predicted molar refractivity (Wildman–Crippen MR) is 138 cm³/mol. The van der Waals surface area contributed by atoms with E-state index in [9.17, 15) is 22.7 Å². The molecule has 1 amide bonds. The smallest absolute Gasteiger partial charge is 0.227 e. The lowest BCUT2D eigenvalue weighted by Gasteiger charge is -2.43. The fourth-order valence-electron chi connectivity index (χ4n) is 4.51. The van der Waals surface area contributed by atoms with Crippen LogP contribution in [0.1, 0.15) is 33.1 Å². The summed E-state index contributed by atoms with van der Waals surface area (Å²) in [4.78, 5) is 13.0. The Labute approximate surface area is 216 Å². The molecule has 196 valence electrons. The summed E-state index contributed by atoms with van der Waals surface area (Å²) in [5, 5.41) is 13.5. The van der Waals surface area contributed by atoms with E-state index in [0.29, 0.717) is 53.9 Å². The lowest BCUT2D eigenvalue weighted by atomic mass is 9.67. The summed E-state index contributed by atoms with van der Waals surface area (Å²) in [7, 11) is -3.35. The maximum atomic E-state index is 13.3. The number of benzene rings is 3. The second kappa shape index (κ2) is 10.5. The quantitative estimate of drug-likeness (QED) is 0.357. The minimum Gasteiger partial charge on any atom is -0.457 e. The van der Waals surface area contributed by atoms with Gasteiger partial charge in [0.2, 0.25) is 5.91 Å². The van der Waals surface area contributed by atoms with Gasteiger partial charge in [-0.05, 0) is 73.7 Å². The highest BCUT2D eigenvalue weighted by Crippen LogP contribution is 2.43. The molecule has 3 aromatic rings. The number of hydrogen-bond donors (Lipinski definition) is 2. The van der Waals surface area contributed by atoms with Crippen molar-refractivity contribution < 1.29 is 32.2 Å². The fraction of sp³-hybridized carbons (Fsp3) is 0.321. The van der Waals surface area contributed by atoms with E-state index in [2.05, 4.69) is 5.32 Å². The molecule has 4 rings (SSSR count). The van der Waals surface area contributed by atoms with Gasteiger partial charge in [0.15, 0.2) is 9.84 Å². The number of aliphatic hydroxyl groups is 1. The van der Waals surface area contributed by atoms with E-state index in [-0.39, 0.29) is 16.7 Å². The molecule has 37 heavy (non-hydrogen) atoms. The zero-order valence-electron chi connectivity index (χ0n) is 20.9. The molecule has 0 heterocycles. The molecule has 9 heteroatoms. The van der Waals surface area contributed by atoms with Crippen LogP contribution in [0.4, 0.5) is 10.1 Å². The molecule has 1 aliphatic rings. The third-order valence-electron chi connectivity index (χ3n) is 6.10. The molecule has 1 fully saturated rings. The van der Waals surface area contributed by atoms with Crippen LogP contribution in [0, 0.1) is 17.7 Å². The SMILES string of the molecule is CC(C)CC1(O)CC(C(=O)Nc2cc(Oc3ccc(F)cc3)cc(Oc3ccc(S(C)(=O)=O)cc3)c2)C1. The number of carbonyl (C=O) groups excluding carboxylic acids is 1. The normalized spacial score (nSPS) is 19.2. The van der Waals surface area contributed by atoms with Crippen LogP contribution in [-0.4, -0.2) is 31.3 Å². The van der Waals surface area contributed by atoms with Gasteiger partial charge in [-0.15, -0.1) is 0 Å². The van der Waals surface area contributed by atoms with Crippen LogP contribution in [0.2, 0.25) is 0 Å². The predicted octanol–water partition coefficient (Wildman–Crippen LogP) is 5.94. The minimum absolute atomic E-state index is 0.166. The summed E-state index contributed by atoms with van der Waals surface area (Å²) in [5.41, 5.74) is -0.387. The Morgan fingerprint density at radius 2 is 1.49 bits per heavy atom. The number of sulfone groups is 1. The molecule has 0 unspecified atom stereocenters. The number of anilines is 1. The number of nitrogens with one attached hydrogen (secondary N) is 1. The summed E-state index contributed by atoms with van der Waals surface area (Å²) in [6.45, 7) is 4.07. The molecule has 0 aromatic heterocycles. The first-order chi connectivity index (χ1) is 17.4. The van der Waals surface area contributed by atoms with Crippen LogP contribution < -0.4 is 14.8 Å². The molecule has 0 spiro atoms. The van der Waals surface area contributed by atoms with Gasteiger partial charge < -0.3 is 19.9 Å². The summed E-state index contributed by atoms with van der Waals surface area (Å²) in [5.74, 6) is 0.888. The summed E-state index contributed by atoms with van der Waals surface area (Å²) < 4.78 is 48.5. The molecule has 0 bridgehead atoms. The van der Waals surface area contributed by atoms with Gasteiger partial charge in [0.25, 0.3) is 0 Å². The molecule has 1 saturated carbocycles.